The Bertz CT molecular complexity index is 638. The van der Waals surface area contributed by atoms with Crippen LogP contribution in [-0.2, 0) is 5.41 Å². The Hall–Kier alpha value is -1.41. The molecule has 1 saturated carbocycles. The summed E-state index contributed by atoms with van der Waals surface area (Å²) < 4.78 is 0. The van der Waals surface area contributed by atoms with Crippen LogP contribution in [0.25, 0.3) is 0 Å². The summed E-state index contributed by atoms with van der Waals surface area (Å²) in [6.45, 7) is 2.08. The van der Waals surface area contributed by atoms with Crippen molar-refractivity contribution < 1.29 is 5.11 Å². The lowest BCUT2D eigenvalue weighted by atomic mass is 9.63. The number of hydrogen-bond donors (Lipinski definition) is 1. The van der Waals surface area contributed by atoms with Crippen LogP contribution in [0.5, 0.6) is 0 Å². The summed E-state index contributed by atoms with van der Waals surface area (Å²) >= 11 is 10.1. The molecule has 1 aromatic rings. The fourth-order valence-electron chi connectivity index (χ4n) is 2.77. The van der Waals surface area contributed by atoms with Crippen LogP contribution in [-0.4, -0.2) is 26.7 Å². The maximum absolute atomic E-state index is 9.29. The van der Waals surface area contributed by atoms with E-state index in [1.807, 2.05) is 24.4 Å². The van der Waals surface area contributed by atoms with Gasteiger partial charge in [-0.25, -0.2) is 0 Å². The highest BCUT2D eigenvalue weighted by molar-refractivity contribution is 7.78. The second-order valence-electron chi connectivity index (χ2n) is 4.84. The monoisotopic (exact) mass is 301 g/mol. The molecule has 1 unspecified atom stereocenters. The van der Waals surface area contributed by atoms with Crippen LogP contribution in [0.15, 0.2) is 47.3 Å². The number of nitrogens with zero attached hydrogens (tertiary/aromatic N) is 1. The topological polar surface area (TPSA) is 33.1 Å². The molecule has 0 bridgehead atoms. The molecule has 1 aliphatic carbocycles. The zero-order valence-corrected chi connectivity index (χ0v) is 12.9. The Morgan fingerprint density at radius 1 is 1.40 bits per heavy atom. The summed E-state index contributed by atoms with van der Waals surface area (Å²) in [5.74, 6) is 0. The zero-order chi connectivity index (χ0) is 14.6. The predicted octanol–water partition coefficient (Wildman–Crippen LogP) is 3.10. The van der Waals surface area contributed by atoms with Crippen molar-refractivity contribution in [2.75, 3.05) is 6.61 Å². The van der Waals surface area contributed by atoms with Crippen molar-refractivity contribution in [1.29, 1.82) is 0 Å². The summed E-state index contributed by atoms with van der Waals surface area (Å²) in [5, 5.41) is 15.0. The molecule has 1 atom stereocenters. The van der Waals surface area contributed by atoms with E-state index in [2.05, 4.69) is 22.0 Å². The van der Waals surface area contributed by atoms with Gasteiger partial charge in [0.15, 0.2) is 0 Å². The van der Waals surface area contributed by atoms with E-state index < -0.39 is 5.41 Å². The summed E-state index contributed by atoms with van der Waals surface area (Å²) in [7, 11) is 0. The number of aliphatic hydroxyl groups is 1. The minimum atomic E-state index is -0.446. The van der Waals surface area contributed by atoms with Crippen LogP contribution in [0.2, 0.25) is 0 Å². The summed E-state index contributed by atoms with van der Waals surface area (Å²) in [6.07, 6.45) is 7.02. The van der Waals surface area contributed by atoms with E-state index >= 15 is 0 Å². The first kappa shape index (κ1) is 15.0. The summed E-state index contributed by atoms with van der Waals surface area (Å²) in [5.41, 5.74) is 3.49. The molecule has 1 N–H and O–H groups in total. The second kappa shape index (κ2) is 6.36. The standard InChI is InChI=1S/C16H15NOS2/c1-16(14-3-2-7-17-9-14)13(6-8-18)5-4-12(10-19)15(16)11-20/h2-3,6-7,9,18H,4-5,8H2,1H3. The van der Waals surface area contributed by atoms with Gasteiger partial charge < -0.3 is 5.11 Å². The number of hydrogen-bond acceptors (Lipinski definition) is 4. The SMILES string of the molecule is CC1(c2cccnc2)C(=C=S)C(=C=S)CCC1=CCO. The molecule has 0 radical (unpaired) electrons. The van der Waals surface area contributed by atoms with Crippen LogP contribution in [0.3, 0.4) is 0 Å². The van der Waals surface area contributed by atoms with E-state index in [4.69, 9.17) is 24.4 Å². The summed E-state index contributed by atoms with van der Waals surface area (Å²) in [6, 6.07) is 3.91. The van der Waals surface area contributed by atoms with Crippen LogP contribution in [0.4, 0.5) is 0 Å². The number of pyridine rings is 1. The molecule has 1 heterocycles. The summed E-state index contributed by atoms with van der Waals surface area (Å²) in [4.78, 5) is 4.20. The second-order valence-corrected chi connectivity index (χ2v) is 5.24. The molecule has 2 rings (SSSR count). The van der Waals surface area contributed by atoms with Gasteiger partial charge in [0.25, 0.3) is 0 Å². The molecular weight excluding hydrogens is 286 g/mol. The Morgan fingerprint density at radius 3 is 2.75 bits per heavy atom. The van der Waals surface area contributed by atoms with Gasteiger partial charge in [-0.05, 0) is 65.9 Å². The minimum absolute atomic E-state index is 0.00648. The highest BCUT2D eigenvalue weighted by Gasteiger charge is 2.40. The molecule has 102 valence electrons. The van der Waals surface area contributed by atoms with Crippen molar-refractivity contribution in [3.63, 3.8) is 0 Å². The van der Waals surface area contributed by atoms with Crippen molar-refractivity contribution in [1.82, 2.24) is 4.98 Å². The van der Waals surface area contributed by atoms with Gasteiger partial charge in [-0.2, -0.15) is 0 Å². The highest BCUT2D eigenvalue weighted by atomic mass is 32.1. The third-order valence-corrected chi connectivity index (χ3v) is 4.34. The maximum atomic E-state index is 9.29. The van der Waals surface area contributed by atoms with Crippen LogP contribution < -0.4 is 0 Å². The molecule has 1 aliphatic rings. The normalized spacial score (nSPS) is 24.4. The first-order valence-corrected chi connectivity index (χ1v) is 7.21. The first-order valence-electron chi connectivity index (χ1n) is 6.39. The van der Waals surface area contributed by atoms with Gasteiger partial charge in [-0.3, -0.25) is 4.98 Å². The van der Waals surface area contributed by atoms with Gasteiger partial charge in [0.2, 0.25) is 0 Å². The lowest BCUT2D eigenvalue weighted by Gasteiger charge is -2.38. The van der Waals surface area contributed by atoms with E-state index in [1.54, 1.807) is 6.20 Å². The zero-order valence-electron chi connectivity index (χ0n) is 11.2. The molecule has 1 aromatic heterocycles. The molecule has 1 fully saturated rings. The number of aromatic nitrogens is 1. The van der Waals surface area contributed by atoms with E-state index in [0.29, 0.717) is 0 Å². The van der Waals surface area contributed by atoms with E-state index in [0.717, 1.165) is 35.1 Å². The largest absolute Gasteiger partial charge is 0.392 e. The number of aliphatic hydroxyl groups excluding tert-OH is 1. The molecule has 0 amide bonds. The van der Waals surface area contributed by atoms with Crippen LogP contribution in [0, 0.1) is 0 Å². The Morgan fingerprint density at radius 2 is 2.20 bits per heavy atom. The highest BCUT2D eigenvalue weighted by Crippen LogP contribution is 2.47. The van der Waals surface area contributed by atoms with Gasteiger partial charge in [0, 0.05) is 29.0 Å². The van der Waals surface area contributed by atoms with Gasteiger partial charge in [-0.1, -0.05) is 17.7 Å². The maximum Gasteiger partial charge on any atom is 0.0615 e. The van der Waals surface area contributed by atoms with Crippen molar-refractivity contribution in [3.05, 3.63) is 52.9 Å². The van der Waals surface area contributed by atoms with Crippen LogP contribution in [0.1, 0.15) is 25.3 Å². The van der Waals surface area contributed by atoms with Crippen molar-refractivity contribution in [2.24, 2.45) is 0 Å². The average molecular weight is 301 g/mol. The third kappa shape index (κ3) is 2.45. The molecular formula is C16H15NOS2. The number of thiocarbonyl (C=S) groups is 2. The smallest absolute Gasteiger partial charge is 0.0615 e. The fourth-order valence-corrected chi connectivity index (χ4v) is 3.30. The molecule has 0 aromatic carbocycles. The van der Waals surface area contributed by atoms with Gasteiger partial charge in [0.1, 0.15) is 0 Å². The van der Waals surface area contributed by atoms with Crippen molar-refractivity contribution in [3.8, 4) is 0 Å². The fraction of sp³-hybridized carbons (Fsp3) is 0.312. The quantitative estimate of drug-likeness (QED) is 0.672. The number of rotatable bonds is 2. The lowest BCUT2D eigenvalue weighted by Crippen LogP contribution is -2.33. The number of allylic oxidation sites excluding steroid dienone is 3. The molecule has 4 heteroatoms. The van der Waals surface area contributed by atoms with Crippen LogP contribution >= 0.6 is 24.4 Å². The van der Waals surface area contributed by atoms with Crippen molar-refractivity contribution >= 4 is 34.5 Å². The molecule has 0 spiro atoms. The molecule has 2 nitrogen and oxygen atoms in total. The minimum Gasteiger partial charge on any atom is -0.392 e. The van der Waals surface area contributed by atoms with E-state index in [9.17, 15) is 5.11 Å². The van der Waals surface area contributed by atoms with Gasteiger partial charge in [0.05, 0.1) is 6.61 Å². The predicted molar refractivity (Wildman–Crippen MR) is 88.2 cm³/mol. The Kier molecular flexibility index (Phi) is 4.77. The Balaban J connectivity index is 2.71. The van der Waals surface area contributed by atoms with E-state index in [-0.39, 0.29) is 6.61 Å². The molecule has 20 heavy (non-hydrogen) atoms. The van der Waals surface area contributed by atoms with E-state index in [1.165, 1.54) is 0 Å². The molecule has 0 saturated heterocycles. The first-order chi connectivity index (χ1) is 9.68. The third-order valence-electron chi connectivity index (χ3n) is 3.89. The average Bonchev–Trinajstić information content (AvgIpc) is 2.50. The molecule has 0 aliphatic heterocycles. The Labute approximate surface area is 129 Å². The lowest BCUT2D eigenvalue weighted by molar-refractivity contribution is 0.339. The van der Waals surface area contributed by atoms with Crippen molar-refractivity contribution in [2.45, 2.75) is 25.2 Å². The van der Waals surface area contributed by atoms with Gasteiger partial charge >= 0.3 is 0 Å². The van der Waals surface area contributed by atoms with Gasteiger partial charge in [-0.15, -0.1) is 0 Å².